The second-order valence-electron chi connectivity index (χ2n) is 4.22. The van der Waals surface area contributed by atoms with E-state index in [0.717, 1.165) is 18.8 Å². The van der Waals surface area contributed by atoms with Crippen molar-refractivity contribution in [3.8, 4) is 0 Å². The van der Waals surface area contributed by atoms with Gasteiger partial charge in [-0.2, -0.15) is 0 Å². The van der Waals surface area contributed by atoms with E-state index in [0.29, 0.717) is 12.4 Å². The number of hydrogen-bond acceptors (Lipinski definition) is 4. The van der Waals surface area contributed by atoms with E-state index in [1.54, 1.807) is 7.11 Å². The normalized spacial score (nSPS) is 12.7. The molecule has 0 bridgehead atoms. The maximum atomic E-state index is 11.5. The fraction of sp³-hybridized carbons (Fsp3) is 0.538. The van der Waals surface area contributed by atoms with Crippen LogP contribution in [-0.2, 0) is 4.74 Å². The first-order valence-electron chi connectivity index (χ1n) is 6.00. The molecule has 100 valence electrons. The first kappa shape index (κ1) is 14.6. The monoisotopic (exact) mass is 251 g/mol. The molecule has 0 fully saturated rings. The minimum Gasteiger partial charge on any atom is -0.383 e. The fourth-order valence-electron chi connectivity index (χ4n) is 1.79. The van der Waals surface area contributed by atoms with Crippen LogP contribution < -0.4 is 5.56 Å². The van der Waals surface area contributed by atoms with Crippen LogP contribution in [0.15, 0.2) is 23.5 Å². The van der Waals surface area contributed by atoms with Crippen molar-refractivity contribution in [1.82, 2.24) is 14.9 Å². The van der Waals surface area contributed by atoms with Crippen LogP contribution in [0.25, 0.3) is 0 Å². The Morgan fingerprint density at radius 2 is 2.39 bits per heavy atom. The van der Waals surface area contributed by atoms with Crippen molar-refractivity contribution in [3.63, 3.8) is 0 Å². The van der Waals surface area contributed by atoms with Gasteiger partial charge in [0.15, 0.2) is 0 Å². The molecular formula is C13H21N3O2. The Morgan fingerprint density at radius 3 is 2.94 bits per heavy atom. The summed E-state index contributed by atoms with van der Waals surface area (Å²) >= 11 is 0. The standard InChI is InChI=1S/C13H21N3O2/c1-5-6-16(7-8-18-4)11(3)13-14-10(2)9-12(17)15-13/h5,9,11H,1,6-8H2,2-4H3,(H,14,15,17)/t11-/m1/s1. The van der Waals surface area contributed by atoms with Gasteiger partial charge in [0.25, 0.3) is 5.56 Å². The maximum absolute atomic E-state index is 11.5. The van der Waals surface area contributed by atoms with Gasteiger partial charge in [0.1, 0.15) is 5.82 Å². The number of nitrogens with zero attached hydrogens (tertiary/aromatic N) is 2. The molecule has 1 aromatic heterocycles. The number of aryl methyl sites for hydroxylation is 1. The van der Waals surface area contributed by atoms with Gasteiger partial charge in [0.2, 0.25) is 0 Å². The number of aromatic nitrogens is 2. The van der Waals surface area contributed by atoms with Crippen LogP contribution in [0.2, 0.25) is 0 Å². The smallest absolute Gasteiger partial charge is 0.251 e. The Bertz CT molecular complexity index is 442. The molecule has 18 heavy (non-hydrogen) atoms. The summed E-state index contributed by atoms with van der Waals surface area (Å²) in [5.74, 6) is 0.679. The Morgan fingerprint density at radius 1 is 1.67 bits per heavy atom. The predicted octanol–water partition coefficient (Wildman–Crippen LogP) is 1.27. The molecule has 0 aliphatic rings. The molecule has 5 heteroatoms. The lowest BCUT2D eigenvalue weighted by atomic mass is 10.2. The van der Waals surface area contributed by atoms with Crippen LogP contribution in [0, 0.1) is 6.92 Å². The van der Waals surface area contributed by atoms with E-state index in [4.69, 9.17) is 4.74 Å². The van der Waals surface area contributed by atoms with E-state index in [2.05, 4.69) is 21.4 Å². The number of H-pyrrole nitrogens is 1. The van der Waals surface area contributed by atoms with Crippen LogP contribution in [-0.4, -0.2) is 41.7 Å². The highest BCUT2D eigenvalue weighted by molar-refractivity contribution is 5.03. The molecule has 0 saturated carbocycles. The van der Waals surface area contributed by atoms with Crippen LogP contribution in [0.4, 0.5) is 0 Å². The van der Waals surface area contributed by atoms with Crippen LogP contribution in [0.1, 0.15) is 24.5 Å². The summed E-state index contributed by atoms with van der Waals surface area (Å²) in [6.45, 7) is 9.70. The molecule has 0 aromatic carbocycles. The summed E-state index contributed by atoms with van der Waals surface area (Å²) in [5, 5.41) is 0. The van der Waals surface area contributed by atoms with Crippen molar-refractivity contribution in [3.05, 3.63) is 40.6 Å². The van der Waals surface area contributed by atoms with Crippen molar-refractivity contribution in [2.24, 2.45) is 0 Å². The summed E-state index contributed by atoms with van der Waals surface area (Å²) < 4.78 is 5.08. The quantitative estimate of drug-likeness (QED) is 0.742. The SMILES string of the molecule is C=CCN(CCOC)[C@H](C)c1nc(C)cc(=O)[nH]1. The molecule has 0 aliphatic heterocycles. The molecule has 5 nitrogen and oxygen atoms in total. The third kappa shape index (κ3) is 4.09. The highest BCUT2D eigenvalue weighted by atomic mass is 16.5. The molecular weight excluding hydrogens is 230 g/mol. The number of aromatic amines is 1. The zero-order chi connectivity index (χ0) is 13.5. The van der Waals surface area contributed by atoms with Crippen molar-refractivity contribution >= 4 is 0 Å². The van der Waals surface area contributed by atoms with Gasteiger partial charge in [-0.1, -0.05) is 6.08 Å². The predicted molar refractivity (Wildman–Crippen MR) is 71.7 cm³/mol. The van der Waals surface area contributed by atoms with Crippen LogP contribution >= 0.6 is 0 Å². The highest BCUT2D eigenvalue weighted by Crippen LogP contribution is 2.15. The molecule has 1 rings (SSSR count). The van der Waals surface area contributed by atoms with Gasteiger partial charge in [-0.15, -0.1) is 6.58 Å². The highest BCUT2D eigenvalue weighted by Gasteiger charge is 2.16. The van der Waals surface area contributed by atoms with Gasteiger partial charge in [-0.3, -0.25) is 9.69 Å². The largest absolute Gasteiger partial charge is 0.383 e. The molecule has 0 radical (unpaired) electrons. The minimum atomic E-state index is -0.116. The molecule has 0 aliphatic carbocycles. The van der Waals surface area contributed by atoms with E-state index in [9.17, 15) is 4.79 Å². The van der Waals surface area contributed by atoms with Crippen molar-refractivity contribution in [1.29, 1.82) is 0 Å². The summed E-state index contributed by atoms with van der Waals surface area (Å²) in [7, 11) is 1.67. The van der Waals surface area contributed by atoms with Gasteiger partial charge < -0.3 is 9.72 Å². The molecule has 1 atom stereocenters. The number of ether oxygens (including phenoxy) is 1. The summed E-state index contributed by atoms with van der Waals surface area (Å²) in [4.78, 5) is 20.8. The van der Waals surface area contributed by atoms with Gasteiger partial charge in [0.05, 0.1) is 12.6 Å². The molecule has 1 heterocycles. The van der Waals surface area contributed by atoms with Crippen molar-refractivity contribution < 1.29 is 4.74 Å². The minimum absolute atomic E-state index is 0.0192. The second kappa shape index (κ2) is 7.08. The van der Waals surface area contributed by atoms with Gasteiger partial charge in [-0.05, 0) is 13.8 Å². The molecule has 0 saturated heterocycles. The summed E-state index contributed by atoms with van der Waals surface area (Å²) in [5.41, 5.74) is 0.612. The Labute approximate surface area is 108 Å². The number of methoxy groups -OCH3 is 1. The average molecular weight is 251 g/mol. The van der Waals surface area contributed by atoms with Gasteiger partial charge in [0, 0.05) is 32.0 Å². The fourth-order valence-corrected chi connectivity index (χ4v) is 1.79. The van der Waals surface area contributed by atoms with Crippen molar-refractivity contribution in [2.45, 2.75) is 19.9 Å². The van der Waals surface area contributed by atoms with E-state index in [1.165, 1.54) is 6.07 Å². The third-order valence-electron chi connectivity index (χ3n) is 2.78. The van der Waals surface area contributed by atoms with Gasteiger partial charge >= 0.3 is 0 Å². The number of hydrogen-bond donors (Lipinski definition) is 1. The number of rotatable bonds is 7. The maximum Gasteiger partial charge on any atom is 0.251 e. The molecule has 1 aromatic rings. The molecule has 0 amide bonds. The third-order valence-corrected chi connectivity index (χ3v) is 2.78. The molecule has 0 spiro atoms. The van der Waals surface area contributed by atoms with Crippen LogP contribution in [0.5, 0.6) is 0 Å². The lowest BCUT2D eigenvalue weighted by molar-refractivity contribution is 0.131. The lowest BCUT2D eigenvalue weighted by Gasteiger charge is -2.26. The lowest BCUT2D eigenvalue weighted by Crippen LogP contribution is -2.32. The topological polar surface area (TPSA) is 58.2 Å². The van der Waals surface area contributed by atoms with E-state index < -0.39 is 0 Å². The first-order valence-corrected chi connectivity index (χ1v) is 6.00. The zero-order valence-electron chi connectivity index (χ0n) is 11.3. The van der Waals surface area contributed by atoms with Crippen molar-refractivity contribution in [2.75, 3.05) is 26.8 Å². The Hall–Kier alpha value is -1.46. The first-order chi connectivity index (χ1) is 8.58. The Balaban J connectivity index is 2.89. The second-order valence-corrected chi connectivity index (χ2v) is 4.22. The summed E-state index contributed by atoms with van der Waals surface area (Å²) in [6.07, 6.45) is 1.83. The van der Waals surface area contributed by atoms with Gasteiger partial charge in [-0.25, -0.2) is 4.98 Å². The number of nitrogens with one attached hydrogen (secondary N) is 1. The van der Waals surface area contributed by atoms with Crippen LogP contribution in [0.3, 0.4) is 0 Å². The summed E-state index contributed by atoms with van der Waals surface area (Å²) in [6, 6.07) is 1.51. The van der Waals surface area contributed by atoms with E-state index >= 15 is 0 Å². The molecule has 1 N–H and O–H groups in total. The average Bonchev–Trinajstić information content (AvgIpc) is 2.32. The zero-order valence-corrected chi connectivity index (χ0v) is 11.3. The van der Waals surface area contributed by atoms with E-state index in [-0.39, 0.29) is 11.6 Å². The molecule has 0 unspecified atom stereocenters. The Kier molecular flexibility index (Phi) is 5.74. The van der Waals surface area contributed by atoms with E-state index in [1.807, 2.05) is 19.9 Å².